The summed E-state index contributed by atoms with van der Waals surface area (Å²) in [5.74, 6) is -2.20. The Morgan fingerprint density at radius 1 is 1.03 bits per heavy atom. The lowest BCUT2D eigenvalue weighted by atomic mass is 10.2. The molecule has 10 heteroatoms. The van der Waals surface area contributed by atoms with Gasteiger partial charge in [0, 0.05) is 13.1 Å². The van der Waals surface area contributed by atoms with E-state index in [4.69, 9.17) is 4.74 Å². The maximum atomic E-state index is 12.9. The number of carbonyl (C=O) groups excluding carboxylic acids is 2. The molecule has 0 unspecified atom stereocenters. The molecule has 1 aliphatic heterocycles. The molecule has 1 saturated heterocycles. The Balaban J connectivity index is 1.53. The first-order valence-corrected chi connectivity index (χ1v) is 10.3. The number of ether oxygens (including phenoxy) is 1. The molecule has 0 aliphatic carbocycles. The molecule has 1 fully saturated rings. The number of hydrogen-bond donors (Lipinski definition) is 2. The van der Waals surface area contributed by atoms with Gasteiger partial charge in [0.2, 0.25) is 10.0 Å². The number of halogens is 1. The number of nitrogens with one attached hydrogen (secondary N) is 2. The maximum Gasteiger partial charge on any atom is 0.309 e. The monoisotopic (exact) mass is 421 g/mol. The van der Waals surface area contributed by atoms with Crippen molar-refractivity contribution in [2.24, 2.45) is 0 Å². The minimum absolute atomic E-state index is 0.0565. The second-order valence-electron chi connectivity index (χ2n) is 6.27. The molecule has 154 valence electrons. The molecule has 1 aliphatic rings. The molecule has 0 aromatic heterocycles. The van der Waals surface area contributed by atoms with Crippen LogP contribution in [0.3, 0.4) is 0 Å². The molecule has 3 rings (SSSR count). The van der Waals surface area contributed by atoms with Crippen LogP contribution in [0.5, 0.6) is 0 Å². The van der Waals surface area contributed by atoms with Crippen molar-refractivity contribution in [2.75, 3.05) is 19.7 Å². The number of carbonyl (C=O) groups is 2. The number of hydrogen-bond acceptors (Lipinski definition) is 5. The third kappa shape index (κ3) is 5.17. The average molecular weight is 421 g/mol. The second-order valence-corrected chi connectivity index (χ2v) is 8.16. The molecule has 8 nitrogen and oxygen atoms in total. The quantitative estimate of drug-likeness (QED) is 0.665. The zero-order valence-electron chi connectivity index (χ0n) is 15.4. The first-order chi connectivity index (χ1) is 13.9. The predicted octanol–water partition coefficient (Wildman–Crippen LogP) is 0.605. The van der Waals surface area contributed by atoms with Crippen LogP contribution in [0.4, 0.5) is 4.39 Å². The van der Waals surface area contributed by atoms with Gasteiger partial charge in [0.15, 0.2) is 0 Å². The fourth-order valence-corrected chi connectivity index (χ4v) is 4.33. The lowest BCUT2D eigenvalue weighted by Crippen LogP contribution is -2.47. The van der Waals surface area contributed by atoms with E-state index in [0.29, 0.717) is 5.56 Å². The van der Waals surface area contributed by atoms with Crippen LogP contribution in [-0.2, 0) is 30.9 Å². The Bertz CT molecular complexity index is 967. The van der Waals surface area contributed by atoms with E-state index in [0.717, 1.165) is 4.31 Å². The van der Waals surface area contributed by atoms with Gasteiger partial charge in [-0.1, -0.05) is 30.3 Å². The van der Waals surface area contributed by atoms with Crippen molar-refractivity contribution in [3.05, 3.63) is 66.0 Å². The van der Waals surface area contributed by atoms with Crippen LogP contribution < -0.4 is 10.6 Å². The summed E-state index contributed by atoms with van der Waals surface area (Å²) in [6.45, 7) is 0.216. The second kappa shape index (κ2) is 9.12. The Kier molecular flexibility index (Phi) is 6.57. The molecule has 29 heavy (non-hydrogen) atoms. The lowest BCUT2D eigenvalue weighted by Gasteiger charge is -2.22. The van der Waals surface area contributed by atoms with Crippen LogP contribution in [0.15, 0.2) is 59.5 Å². The molecule has 0 saturated carbocycles. The zero-order chi connectivity index (χ0) is 20.9. The van der Waals surface area contributed by atoms with Crippen LogP contribution in [-0.4, -0.2) is 50.5 Å². The lowest BCUT2D eigenvalue weighted by molar-refractivity contribution is -0.139. The zero-order valence-corrected chi connectivity index (χ0v) is 16.2. The van der Waals surface area contributed by atoms with Gasteiger partial charge in [-0.15, -0.1) is 0 Å². The van der Waals surface area contributed by atoms with E-state index < -0.39 is 33.9 Å². The number of nitrogens with zero attached hydrogens (tertiary/aromatic N) is 1. The summed E-state index contributed by atoms with van der Waals surface area (Å²) < 4.78 is 44.9. The Labute approximate surface area is 167 Å². The first kappa shape index (κ1) is 20.9. The molecular formula is C19H20FN3O5S. The summed E-state index contributed by atoms with van der Waals surface area (Å²) in [5, 5.41) is 4.80. The van der Waals surface area contributed by atoms with Crippen molar-refractivity contribution >= 4 is 21.8 Å². The highest BCUT2D eigenvalue weighted by Gasteiger charge is 2.36. The summed E-state index contributed by atoms with van der Waals surface area (Å²) in [6, 6.07) is 13.4. The van der Waals surface area contributed by atoms with E-state index in [9.17, 15) is 22.4 Å². The summed E-state index contributed by atoms with van der Waals surface area (Å²) in [6.07, 6.45) is -0.908. The van der Waals surface area contributed by atoms with Gasteiger partial charge in [-0.3, -0.25) is 9.59 Å². The van der Waals surface area contributed by atoms with Crippen molar-refractivity contribution < 1.29 is 27.1 Å². The Hall–Kier alpha value is -2.82. The fraction of sp³-hybridized carbons (Fsp3) is 0.263. The SMILES string of the molecule is O=C(NCc1ccc(F)cc1)C(=O)NC[C@H]1OCCN1S(=O)(=O)c1ccccc1. The van der Waals surface area contributed by atoms with Crippen molar-refractivity contribution in [3.63, 3.8) is 0 Å². The van der Waals surface area contributed by atoms with Crippen molar-refractivity contribution in [1.29, 1.82) is 0 Å². The van der Waals surface area contributed by atoms with Crippen LogP contribution in [0.2, 0.25) is 0 Å². The molecule has 1 heterocycles. The van der Waals surface area contributed by atoms with E-state index >= 15 is 0 Å². The van der Waals surface area contributed by atoms with Crippen molar-refractivity contribution in [3.8, 4) is 0 Å². The van der Waals surface area contributed by atoms with E-state index in [1.807, 2.05) is 0 Å². The van der Waals surface area contributed by atoms with Gasteiger partial charge in [-0.05, 0) is 29.8 Å². The van der Waals surface area contributed by atoms with Gasteiger partial charge in [0.1, 0.15) is 12.0 Å². The molecule has 0 radical (unpaired) electrons. The van der Waals surface area contributed by atoms with Crippen molar-refractivity contribution in [1.82, 2.24) is 14.9 Å². The Morgan fingerprint density at radius 3 is 2.38 bits per heavy atom. The molecule has 0 spiro atoms. The molecule has 2 aromatic rings. The van der Waals surface area contributed by atoms with Gasteiger partial charge >= 0.3 is 11.8 Å². The van der Waals surface area contributed by atoms with E-state index in [2.05, 4.69) is 10.6 Å². The van der Waals surface area contributed by atoms with Gasteiger partial charge in [-0.2, -0.15) is 4.31 Å². The average Bonchev–Trinajstić information content (AvgIpc) is 3.21. The smallest absolute Gasteiger partial charge is 0.309 e. The minimum atomic E-state index is -3.78. The molecule has 2 N–H and O–H groups in total. The third-order valence-electron chi connectivity index (χ3n) is 4.30. The predicted molar refractivity (Wildman–Crippen MR) is 101 cm³/mol. The van der Waals surface area contributed by atoms with Gasteiger partial charge < -0.3 is 15.4 Å². The number of benzene rings is 2. The van der Waals surface area contributed by atoms with Crippen LogP contribution in [0, 0.1) is 5.82 Å². The molecule has 2 amide bonds. The molecule has 1 atom stereocenters. The summed E-state index contributed by atoms with van der Waals surface area (Å²) in [7, 11) is -3.78. The fourth-order valence-electron chi connectivity index (χ4n) is 2.79. The summed E-state index contributed by atoms with van der Waals surface area (Å²) >= 11 is 0. The van der Waals surface area contributed by atoms with Gasteiger partial charge in [0.25, 0.3) is 0 Å². The van der Waals surface area contributed by atoms with Gasteiger partial charge in [0.05, 0.1) is 18.0 Å². The van der Waals surface area contributed by atoms with E-state index in [-0.39, 0.29) is 31.1 Å². The maximum absolute atomic E-state index is 12.9. The standard InChI is InChI=1S/C19H20FN3O5S/c20-15-8-6-14(7-9-15)12-21-18(24)19(25)22-13-17-23(10-11-28-17)29(26,27)16-4-2-1-3-5-16/h1-9,17H,10-13H2,(H,21,24)(H,22,25)/t17-/m1/s1. The highest BCUT2D eigenvalue weighted by molar-refractivity contribution is 7.89. The normalized spacial score (nSPS) is 17.1. The Morgan fingerprint density at radius 2 is 1.69 bits per heavy atom. The van der Waals surface area contributed by atoms with Crippen LogP contribution in [0.25, 0.3) is 0 Å². The van der Waals surface area contributed by atoms with E-state index in [1.54, 1.807) is 18.2 Å². The first-order valence-electron chi connectivity index (χ1n) is 8.87. The topological polar surface area (TPSA) is 105 Å². The minimum Gasteiger partial charge on any atom is -0.359 e. The molecule has 0 bridgehead atoms. The number of rotatable bonds is 6. The molecule has 2 aromatic carbocycles. The summed E-state index contributed by atoms with van der Waals surface area (Å²) in [5.41, 5.74) is 0.631. The van der Waals surface area contributed by atoms with Crippen LogP contribution >= 0.6 is 0 Å². The van der Waals surface area contributed by atoms with Crippen molar-refractivity contribution in [2.45, 2.75) is 17.7 Å². The highest BCUT2D eigenvalue weighted by atomic mass is 32.2. The summed E-state index contributed by atoms with van der Waals surface area (Å²) in [4.78, 5) is 24.0. The van der Waals surface area contributed by atoms with Crippen LogP contribution in [0.1, 0.15) is 5.56 Å². The third-order valence-corrected chi connectivity index (χ3v) is 6.21. The van der Waals surface area contributed by atoms with Gasteiger partial charge in [-0.25, -0.2) is 12.8 Å². The van der Waals surface area contributed by atoms with E-state index in [1.165, 1.54) is 36.4 Å². The highest BCUT2D eigenvalue weighted by Crippen LogP contribution is 2.21. The number of sulfonamides is 1. The largest absolute Gasteiger partial charge is 0.359 e. The molecular weight excluding hydrogens is 401 g/mol. The number of amides is 2.